The van der Waals surface area contributed by atoms with Crippen LogP contribution in [0, 0.1) is 0 Å². The van der Waals surface area contributed by atoms with Crippen molar-refractivity contribution in [3.63, 3.8) is 0 Å². The first kappa shape index (κ1) is 48.1. The van der Waals surface area contributed by atoms with Gasteiger partial charge in [-0.2, -0.15) is 0 Å². The lowest BCUT2D eigenvalue weighted by atomic mass is 9.99. The molecule has 0 bridgehead atoms. The van der Waals surface area contributed by atoms with Crippen LogP contribution in [-0.4, -0.2) is 46.1 Å². The lowest BCUT2D eigenvalue weighted by molar-refractivity contribution is -0.124. The molecule has 0 rings (SSSR count). The number of hydrogen-bond donors (Lipinski definition) is 4. The molecule has 1 amide bonds. The highest BCUT2D eigenvalue weighted by molar-refractivity contribution is 5.76. The van der Waals surface area contributed by atoms with Gasteiger partial charge in [0.15, 0.2) is 0 Å². The quantitative estimate of drug-likeness (QED) is 0.0380. The Kier molecular flexibility index (Phi) is 39.1. The predicted octanol–water partition coefficient (Wildman–Crippen LogP) is 12.4. The molecule has 0 aromatic heterocycles. The summed E-state index contributed by atoms with van der Waals surface area (Å²) in [5.41, 5.74) is 0. The maximum atomic E-state index is 12.4. The van der Waals surface area contributed by atoms with Crippen molar-refractivity contribution >= 4 is 5.91 Å². The molecule has 0 saturated carbocycles. The molecule has 0 aliphatic rings. The van der Waals surface area contributed by atoms with Gasteiger partial charge in [0.25, 0.3) is 0 Å². The normalized spacial score (nSPS) is 13.7. The van der Waals surface area contributed by atoms with E-state index in [4.69, 9.17) is 0 Å². The van der Waals surface area contributed by atoms with Gasteiger partial charge in [0.1, 0.15) is 6.10 Å². The van der Waals surface area contributed by atoms with E-state index in [-0.39, 0.29) is 12.5 Å². The largest absolute Gasteiger partial charge is 0.394 e. The number of allylic oxidation sites excluding steroid dienone is 2. The van der Waals surface area contributed by atoms with Crippen LogP contribution < -0.4 is 5.32 Å². The van der Waals surface area contributed by atoms with Gasteiger partial charge in [-0.15, -0.1) is 0 Å². The molecule has 0 heterocycles. The van der Waals surface area contributed by atoms with Crippen LogP contribution in [0.15, 0.2) is 12.2 Å². The zero-order chi connectivity index (χ0) is 35.9. The molecule has 3 atom stereocenters. The van der Waals surface area contributed by atoms with E-state index >= 15 is 0 Å². The van der Waals surface area contributed by atoms with Crippen molar-refractivity contribution in [2.75, 3.05) is 6.61 Å². The van der Waals surface area contributed by atoms with Crippen LogP contribution in [0.1, 0.15) is 239 Å². The fourth-order valence-electron chi connectivity index (χ4n) is 6.92. The van der Waals surface area contributed by atoms with E-state index in [2.05, 4.69) is 31.3 Å². The molecule has 5 heteroatoms. The molecular weight excluding hydrogens is 606 g/mol. The van der Waals surface area contributed by atoms with Crippen LogP contribution in [0.3, 0.4) is 0 Å². The van der Waals surface area contributed by atoms with Crippen molar-refractivity contribution < 1.29 is 20.1 Å². The Morgan fingerprint density at radius 3 is 1.18 bits per heavy atom. The second-order valence-corrected chi connectivity index (χ2v) is 15.3. The summed E-state index contributed by atoms with van der Waals surface area (Å²) in [6.07, 6.45) is 46.3. The highest BCUT2D eigenvalue weighted by Crippen LogP contribution is 2.16. The van der Waals surface area contributed by atoms with Gasteiger partial charge in [-0.1, -0.05) is 206 Å². The van der Waals surface area contributed by atoms with Crippen LogP contribution in [0.25, 0.3) is 0 Å². The number of nitrogens with one attached hydrogen (secondary N) is 1. The first-order chi connectivity index (χ1) is 24.1. The Morgan fingerprint density at radius 1 is 0.490 bits per heavy atom. The third-order valence-electron chi connectivity index (χ3n) is 10.4. The molecule has 3 unspecified atom stereocenters. The fraction of sp³-hybridized carbons (Fsp3) is 0.932. The fourth-order valence-corrected chi connectivity index (χ4v) is 6.92. The minimum absolute atomic E-state index is 0.146. The monoisotopic (exact) mass is 694 g/mol. The molecule has 0 aliphatic heterocycles. The van der Waals surface area contributed by atoms with Gasteiger partial charge < -0.3 is 20.6 Å². The van der Waals surface area contributed by atoms with E-state index in [0.29, 0.717) is 12.8 Å². The van der Waals surface area contributed by atoms with E-state index in [1.54, 1.807) is 0 Å². The van der Waals surface area contributed by atoms with E-state index in [0.717, 1.165) is 38.5 Å². The Balaban J connectivity index is 3.49. The van der Waals surface area contributed by atoms with Crippen LogP contribution in [0.5, 0.6) is 0 Å². The smallest absolute Gasteiger partial charge is 0.220 e. The molecule has 5 nitrogen and oxygen atoms in total. The van der Waals surface area contributed by atoms with Crippen molar-refractivity contribution in [1.82, 2.24) is 5.32 Å². The molecule has 0 saturated heterocycles. The SMILES string of the molecule is CCCCCCCCCCCCCC/C=C\CCCCCCCCCCCCCC(=O)NC(CO)C(O)C(O)CCCCCCCCCC. The van der Waals surface area contributed by atoms with E-state index < -0.39 is 18.2 Å². The van der Waals surface area contributed by atoms with Crippen LogP contribution >= 0.6 is 0 Å². The first-order valence-electron chi connectivity index (χ1n) is 22.0. The summed E-state index contributed by atoms with van der Waals surface area (Å²) < 4.78 is 0. The summed E-state index contributed by atoms with van der Waals surface area (Å²) in [6, 6.07) is -0.804. The average molecular weight is 694 g/mol. The maximum absolute atomic E-state index is 12.4. The second-order valence-electron chi connectivity index (χ2n) is 15.3. The number of hydrogen-bond acceptors (Lipinski definition) is 4. The van der Waals surface area contributed by atoms with Crippen LogP contribution in [-0.2, 0) is 4.79 Å². The van der Waals surface area contributed by atoms with Crippen molar-refractivity contribution in [2.45, 2.75) is 257 Å². The molecule has 0 aliphatic carbocycles. The lowest BCUT2D eigenvalue weighted by Crippen LogP contribution is -2.50. The van der Waals surface area contributed by atoms with E-state index in [1.807, 2.05) is 0 Å². The Hall–Kier alpha value is -0.910. The minimum atomic E-state index is -1.13. The standard InChI is InChI=1S/C44H87NO4/c1-3-5-7-9-11-13-14-15-16-17-18-19-20-21-22-23-24-25-26-27-28-29-30-31-33-35-37-39-43(48)45-41(40-46)44(49)42(47)38-36-34-32-12-10-8-6-4-2/h21-22,41-42,44,46-47,49H,3-20,23-40H2,1-2H3,(H,45,48)/b22-21-. The summed E-state index contributed by atoms with van der Waals surface area (Å²) in [5.74, 6) is -0.146. The second kappa shape index (κ2) is 39.9. The zero-order valence-corrected chi connectivity index (χ0v) is 33.1. The molecule has 0 radical (unpaired) electrons. The first-order valence-corrected chi connectivity index (χ1v) is 22.0. The predicted molar refractivity (Wildman–Crippen MR) is 213 cm³/mol. The van der Waals surface area contributed by atoms with Crippen molar-refractivity contribution in [3.8, 4) is 0 Å². The summed E-state index contributed by atoms with van der Waals surface area (Å²) in [7, 11) is 0. The molecule has 4 N–H and O–H groups in total. The number of unbranched alkanes of at least 4 members (excludes halogenated alkanes) is 30. The van der Waals surface area contributed by atoms with Crippen molar-refractivity contribution in [1.29, 1.82) is 0 Å². The van der Waals surface area contributed by atoms with Gasteiger partial charge in [0.05, 0.1) is 18.8 Å². The molecular formula is C44H87NO4. The van der Waals surface area contributed by atoms with Gasteiger partial charge in [-0.25, -0.2) is 0 Å². The number of aliphatic hydroxyl groups is 3. The zero-order valence-electron chi connectivity index (χ0n) is 33.1. The van der Waals surface area contributed by atoms with Crippen molar-refractivity contribution in [3.05, 3.63) is 12.2 Å². The Bertz CT molecular complexity index is 684. The third kappa shape index (κ3) is 35.3. The van der Waals surface area contributed by atoms with Gasteiger partial charge >= 0.3 is 0 Å². The molecule has 0 fully saturated rings. The number of carbonyl (C=O) groups excluding carboxylic acids is 1. The van der Waals surface area contributed by atoms with E-state index in [1.165, 1.54) is 173 Å². The Morgan fingerprint density at radius 2 is 0.816 bits per heavy atom. The Labute approximate surface area is 306 Å². The summed E-state index contributed by atoms with van der Waals surface area (Å²) in [6.45, 7) is 4.15. The number of carbonyl (C=O) groups is 1. The number of aliphatic hydroxyl groups excluding tert-OH is 3. The highest BCUT2D eigenvalue weighted by Gasteiger charge is 2.26. The maximum Gasteiger partial charge on any atom is 0.220 e. The summed E-state index contributed by atoms with van der Waals surface area (Å²) in [4.78, 5) is 12.4. The van der Waals surface area contributed by atoms with Crippen LogP contribution in [0.2, 0.25) is 0 Å². The number of amides is 1. The average Bonchev–Trinajstić information content (AvgIpc) is 3.11. The van der Waals surface area contributed by atoms with Crippen molar-refractivity contribution in [2.24, 2.45) is 0 Å². The molecule has 0 spiro atoms. The molecule has 49 heavy (non-hydrogen) atoms. The van der Waals surface area contributed by atoms with Gasteiger partial charge in [0, 0.05) is 6.42 Å². The molecule has 292 valence electrons. The van der Waals surface area contributed by atoms with Gasteiger partial charge in [0.2, 0.25) is 5.91 Å². The number of rotatable bonds is 40. The minimum Gasteiger partial charge on any atom is -0.394 e. The van der Waals surface area contributed by atoms with Gasteiger partial charge in [-0.3, -0.25) is 4.79 Å². The highest BCUT2D eigenvalue weighted by atomic mass is 16.3. The van der Waals surface area contributed by atoms with Crippen LogP contribution in [0.4, 0.5) is 0 Å². The third-order valence-corrected chi connectivity index (χ3v) is 10.4. The summed E-state index contributed by atoms with van der Waals surface area (Å²) >= 11 is 0. The lowest BCUT2D eigenvalue weighted by Gasteiger charge is -2.26. The van der Waals surface area contributed by atoms with E-state index in [9.17, 15) is 20.1 Å². The van der Waals surface area contributed by atoms with Gasteiger partial charge in [-0.05, 0) is 38.5 Å². The summed E-state index contributed by atoms with van der Waals surface area (Å²) in [5, 5.41) is 33.3. The molecule has 0 aromatic rings. The topological polar surface area (TPSA) is 89.8 Å². The molecule has 0 aromatic carbocycles.